The van der Waals surface area contributed by atoms with E-state index in [0.29, 0.717) is 0 Å². The Hall–Kier alpha value is -2.00. The van der Waals surface area contributed by atoms with Crippen LogP contribution in [0.15, 0.2) is 24.3 Å². The second-order valence-electron chi connectivity index (χ2n) is 4.70. The zero-order valence-corrected chi connectivity index (χ0v) is 12.2. The molecule has 0 aromatic carbocycles. The highest BCUT2D eigenvalue weighted by molar-refractivity contribution is 5.87. The highest BCUT2D eigenvalue weighted by Crippen LogP contribution is 2.46. The molecule has 0 radical (unpaired) electrons. The zero-order valence-electron chi connectivity index (χ0n) is 12.2. The molecule has 0 fully saturated rings. The summed E-state index contributed by atoms with van der Waals surface area (Å²) >= 11 is 0. The summed E-state index contributed by atoms with van der Waals surface area (Å²) in [6.45, 7) is 3.52. The Labute approximate surface area is 127 Å². The summed E-state index contributed by atoms with van der Waals surface area (Å²) in [5.41, 5.74) is -0.766. The highest BCUT2D eigenvalue weighted by atomic mass is 19.3. The van der Waals surface area contributed by atoms with Crippen LogP contribution in [-0.2, 0) is 19.1 Å². The molecular weight excluding hydrogens is 334 g/mol. The maximum atomic E-state index is 13.4. The number of hydrogen-bond acceptors (Lipinski definition) is 4. The Bertz CT molecular complexity index is 469. The minimum absolute atomic E-state index is 0.383. The molecule has 0 heterocycles. The van der Waals surface area contributed by atoms with Gasteiger partial charge in [0.2, 0.25) is 0 Å². The maximum Gasteiger partial charge on any atom is 0.378 e. The normalized spacial score (nSPS) is 12.5. The van der Waals surface area contributed by atoms with Crippen LogP contribution < -0.4 is 0 Å². The van der Waals surface area contributed by atoms with E-state index < -0.39 is 42.9 Å². The van der Waals surface area contributed by atoms with Crippen LogP contribution in [0.1, 0.15) is 13.8 Å². The van der Waals surface area contributed by atoms with E-state index in [0.717, 1.165) is 13.8 Å². The van der Waals surface area contributed by atoms with Crippen molar-refractivity contribution in [2.45, 2.75) is 31.6 Å². The van der Waals surface area contributed by atoms with Gasteiger partial charge in [-0.25, -0.2) is 9.59 Å². The first-order valence-electron chi connectivity index (χ1n) is 5.94. The predicted molar refractivity (Wildman–Crippen MR) is 66.4 cm³/mol. The van der Waals surface area contributed by atoms with E-state index in [2.05, 4.69) is 22.6 Å². The van der Waals surface area contributed by atoms with E-state index in [-0.39, 0.29) is 11.1 Å². The van der Waals surface area contributed by atoms with Gasteiger partial charge in [-0.05, 0) is 13.8 Å². The number of halogens is 6. The second kappa shape index (κ2) is 7.05. The minimum atomic E-state index is -5.94. The Morgan fingerprint density at radius 2 is 1.04 bits per heavy atom. The van der Waals surface area contributed by atoms with Gasteiger partial charge in [-0.15, -0.1) is 0 Å². The number of esters is 2. The average Bonchev–Trinajstić information content (AvgIpc) is 2.41. The van der Waals surface area contributed by atoms with Gasteiger partial charge in [-0.1, -0.05) is 13.2 Å². The first-order valence-corrected chi connectivity index (χ1v) is 5.94. The second-order valence-corrected chi connectivity index (χ2v) is 4.70. The largest absolute Gasteiger partial charge is 0.456 e. The standard InChI is InChI=1S/C13H14F6O4/c1-7(2)9(20)22-5-11(14,15)13(18,19)12(16,17)6-23-10(21)8(3)4/h1,3,5-6H2,2,4H3. The lowest BCUT2D eigenvalue weighted by atomic mass is 10.1. The van der Waals surface area contributed by atoms with Gasteiger partial charge in [0.25, 0.3) is 0 Å². The Balaban J connectivity index is 5.09. The van der Waals surface area contributed by atoms with E-state index in [1.54, 1.807) is 0 Å². The molecule has 0 aliphatic rings. The molecule has 23 heavy (non-hydrogen) atoms. The number of carbonyl (C=O) groups excluding carboxylic acids is 2. The van der Waals surface area contributed by atoms with E-state index in [1.807, 2.05) is 0 Å². The molecule has 10 heteroatoms. The van der Waals surface area contributed by atoms with Gasteiger partial charge in [0.15, 0.2) is 13.2 Å². The lowest BCUT2D eigenvalue weighted by Gasteiger charge is -2.32. The van der Waals surface area contributed by atoms with E-state index in [4.69, 9.17) is 0 Å². The minimum Gasteiger partial charge on any atom is -0.456 e. The molecule has 0 atom stereocenters. The summed E-state index contributed by atoms with van der Waals surface area (Å²) in [6, 6.07) is 0. The first-order chi connectivity index (χ1) is 10.2. The predicted octanol–water partition coefficient (Wildman–Crippen LogP) is 3.13. The van der Waals surface area contributed by atoms with Crippen molar-refractivity contribution in [2.24, 2.45) is 0 Å². The summed E-state index contributed by atoms with van der Waals surface area (Å²) in [5.74, 6) is -19.6. The Morgan fingerprint density at radius 1 is 0.783 bits per heavy atom. The van der Waals surface area contributed by atoms with Gasteiger partial charge in [0.1, 0.15) is 0 Å². The van der Waals surface area contributed by atoms with Crippen molar-refractivity contribution in [3.63, 3.8) is 0 Å². The van der Waals surface area contributed by atoms with Crippen LogP contribution in [0.2, 0.25) is 0 Å². The number of rotatable bonds is 8. The third kappa shape index (κ3) is 5.00. The van der Waals surface area contributed by atoms with Crippen LogP contribution in [-0.4, -0.2) is 42.9 Å². The molecule has 0 aromatic heterocycles. The maximum absolute atomic E-state index is 13.4. The molecule has 0 spiro atoms. The lowest BCUT2D eigenvalue weighted by Crippen LogP contribution is -2.58. The van der Waals surface area contributed by atoms with Crippen LogP contribution in [0.25, 0.3) is 0 Å². The number of alkyl halides is 6. The molecule has 0 saturated carbocycles. The summed E-state index contributed by atoms with van der Waals surface area (Å²) in [5, 5.41) is 0. The number of carbonyl (C=O) groups is 2. The fourth-order valence-corrected chi connectivity index (χ4v) is 1.01. The number of hydrogen-bond donors (Lipinski definition) is 0. The molecule has 0 aliphatic carbocycles. The summed E-state index contributed by atoms with van der Waals surface area (Å²) in [4.78, 5) is 21.8. The van der Waals surface area contributed by atoms with Crippen molar-refractivity contribution in [3.05, 3.63) is 24.3 Å². The molecule has 0 bridgehead atoms. The quantitative estimate of drug-likeness (QED) is 0.384. The molecule has 0 amide bonds. The SMILES string of the molecule is C=C(C)C(=O)OCC(F)(F)C(F)(F)C(F)(F)COC(=O)C(=C)C. The van der Waals surface area contributed by atoms with Gasteiger partial charge in [-0.2, -0.15) is 26.3 Å². The molecule has 0 unspecified atom stereocenters. The summed E-state index contributed by atoms with van der Waals surface area (Å²) < 4.78 is 87.5. The van der Waals surface area contributed by atoms with E-state index in [1.165, 1.54) is 0 Å². The average molecular weight is 348 g/mol. The fraction of sp³-hybridized carbons (Fsp3) is 0.538. The third-order valence-corrected chi connectivity index (χ3v) is 2.38. The van der Waals surface area contributed by atoms with Crippen LogP contribution in [0.4, 0.5) is 26.3 Å². The molecule has 132 valence electrons. The monoisotopic (exact) mass is 348 g/mol. The molecule has 0 saturated heterocycles. The zero-order chi connectivity index (χ0) is 18.6. The first kappa shape index (κ1) is 21.0. The highest BCUT2D eigenvalue weighted by Gasteiger charge is 2.72. The molecule has 0 rings (SSSR count). The van der Waals surface area contributed by atoms with Crippen LogP contribution in [0.5, 0.6) is 0 Å². The summed E-state index contributed by atoms with van der Waals surface area (Å²) in [6.07, 6.45) is 0. The van der Waals surface area contributed by atoms with Gasteiger partial charge < -0.3 is 9.47 Å². The molecule has 0 aromatic rings. The van der Waals surface area contributed by atoms with Gasteiger partial charge in [0.05, 0.1) is 0 Å². The van der Waals surface area contributed by atoms with Crippen molar-refractivity contribution < 1.29 is 45.4 Å². The molecular formula is C13H14F6O4. The Morgan fingerprint density at radius 3 is 1.26 bits per heavy atom. The Kier molecular flexibility index (Phi) is 6.44. The lowest BCUT2D eigenvalue weighted by molar-refractivity contribution is -0.324. The molecule has 0 aliphatic heterocycles. The topological polar surface area (TPSA) is 52.6 Å². The number of ether oxygens (including phenoxy) is 2. The third-order valence-electron chi connectivity index (χ3n) is 2.38. The van der Waals surface area contributed by atoms with E-state index in [9.17, 15) is 35.9 Å². The van der Waals surface area contributed by atoms with Crippen molar-refractivity contribution >= 4 is 11.9 Å². The molecule has 0 N–H and O–H groups in total. The van der Waals surface area contributed by atoms with Crippen LogP contribution in [0, 0.1) is 0 Å². The van der Waals surface area contributed by atoms with Crippen molar-refractivity contribution in [1.82, 2.24) is 0 Å². The molecule has 4 nitrogen and oxygen atoms in total. The van der Waals surface area contributed by atoms with Gasteiger partial charge >= 0.3 is 29.7 Å². The smallest absolute Gasteiger partial charge is 0.378 e. The van der Waals surface area contributed by atoms with Crippen molar-refractivity contribution in [3.8, 4) is 0 Å². The summed E-state index contributed by atoms with van der Waals surface area (Å²) in [7, 11) is 0. The van der Waals surface area contributed by atoms with Crippen LogP contribution in [0.3, 0.4) is 0 Å². The van der Waals surface area contributed by atoms with E-state index >= 15 is 0 Å². The van der Waals surface area contributed by atoms with Crippen molar-refractivity contribution in [2.75, 3.05) is 13.2 Å². The van der Waals surface area contributed by atoms with Crippen LogP contribution >= 0.6 is 0 Å². The van der Waals surface area contributed by atoms with Crippen molar-refractivity contribution in [1.29, 1.82) is 0 Å². The fourth-order valence-electron chi connectivity index (χ4n) is 1.01. The van der Waals surface area contributed by atoms with Gasteiger partial charge in [-0.3, -0.25) is 0 Å². The van der Waals surface area contributed by atoms with Gasteiger partial charge in [0, 0.05) is 11.1 Å².